The van der Waals surface area contributed by atoms with E-state index in [1.807, 2.05) is 36.9 Å². The van der Waals surface area contributed by atoms with Crippen molar-refractivity contribution >= 4 is 34.0 Å². The van der Waals surface area contributed by atoms with Crippen molar-refractivity contribution in [2.75, 3.05) is 22.6 Å². The third-order valence-electron chi connectivity index (χ3n) is 2.93. The molecule has 1 aromatic carbocycles. The molecule has 3 nitrogen and oxygen atoms in total. The molecule has 3 N–H and O–H groups in total. The van der Waals surface area contributed by atoms with Gasteiger partial charge in [0.1, 0.15) is 0 Å². The number of benzene rings is 1. The number of anilines is 2. The molecule has 1 heterocycles. The number of thioether (sulfide) groups is 1. The van der Waals surface area contributed by atoms with Crippen molar-refractivity contribution in [1.29, 1.82) is 0 Å². The highest BCUT2D eigenvalue weighted by Crippen LogP contribution is 2.26. The Kier molecular flexibility index (Phi) is 4.53. The van der Waals surface area contributed by atoms with Gasteiger partial charge in [-0.3, -0.25) is 4.98 Å². The summed E-state index contributed by atoms with van der Waals surface area (Å²) in [5.41, 5.74) is 9.80. The minimum atomic E-state index is 0.427. The summed E-state index contributed by atoms with van der Waals surface area (Å²) in [7, 11) is 0. The van der Waals surface area contributed by atoms with Gasteiger partial charge in [-0.1, -0.05) is 6.92 Å². The Hall–Kier alpha value is -1.42. The molecule has 0 saturated carbocycles. The van der Waals surface area contributed by atoms with Crippen LogP contribution in [0.2, 0.25) is 0 Å². The van der Waals surface area contributed by atoms with E-state index in [-0.39, 0.29) is 0 Å². The molecule has 1 aromatic heterocycles. The molecule has 0 saturated heterocycles. The van der Waals surface area contributed by atoms with Gasteiger partial charge in [0.25, 0.3) is 0 Å². The lowest BCUT2D eigenvalue weighted by Gasteiger charge is -2.17. The first kappa shape index (κ1) is 14.0. The summed E-state index contributed by atoms with van der Waals surface area (Å²) in [4.78, 5) is 4.55. The monoisotopic (exact) mass is 275 g/mol. The molecule has 0 aliphatic heterocycles. The Morgan fingerprint density at radius 3 is 2.89 bits per heavy atom. The van der Waals surface area contributed by atoms with Crippen molar-refractivity contribution in [3.05, 3.63) is 30.0 Å². The quantitative estimate of drug-likeness (QED) is 0.817. The van der Waals surface area contributed by atoms with E-state index in [9.17, 15) is 0 Å². The van der Waals surface area contributed by atoms with Crippen LogP contribution in [-0.2, 0) is 0 Å². The number of nitrogen functional groups attached to an aromatic ring is 1. The maximum Gasteiger partial charge on any atom is 0.0727 e. The Labute approximate surface area is 119 Å². The molecular weight excluding hydrogens is 254 g/mol. The minimum absolute atomic E-state index is 0.427. The van der Waals surface area contributed by atoms with E-state index in [4.69, 9.17) is 5.73 Å². The van der Waals surface area contributed by atoms with E-state index >= 15 is 0 Å². The maximum atomic E-state index is 5.88. The Bertz CT molecular complexity index is 569. The molecule has 0 aliphatic rings. The number of nitrogens with zero attached hydrogens (tertiary/aromatic N) is 1. The summed E-state index contributed by atoms with van der Waals surface area (Å²) in [5, 5.41) is 4.67. The second kappa shape index (κ2) is 6.15. The largest absolute Gasteiger partial charge is 0.399 e. The van der Waals surface area contributed by atoms with Gasteiger partial charge >= 0.3 is 0 Å². The number of aryl methyl sites for hydroxylation is 1. The number of hydrogen-bond acceptors (Lipinski definition) is 4. The van der Waals surface area contributed by atoms with Crippen molar-refractivity contribution in [3.63, 3.8) is 0 Å². The van der Waals surface area contributed by atoms with E-state index in [0.29, 0.717) is 6.04 Å². The van der Waals surface area contributed by atoms with Crippen molar-refractivity contribution in [1.82, 2.24) is 4.98 Å². The fraction of sp³-hybridized carbons (Fsp3) is 0.400. The van der Waals surface area contributed by atoms with Crippen LogP contribution in [0.3, 0.4) is 0 Å². The van der Waals surface area contributed by atoms with Crippen LogP contribution >= 0.6 is 11.8 Å². The van der Waals surface area contributed by atoms with Gasteiger partial charge in [0, 0.05) is 34.2 Å². The van der Waals surface area contributed by atoms with Crippen molar-refractivity contribution in [2.24, 2.45) is 0 Å². The first-order valence-corrected chi connectivity index (χ1v) is 7.76. The molecule has 0 fully saturated rings. The van der Waals surface area contributed by atoms with Gasteiger partial charge in [0.2, 0.25) is 0 Å². The van der Waals surface area contributed by atoms with E-state index in [0.717, 1.165) is 39.5 Å². The highest BCUT2D eigenvalue weighted by molar-refractivity contribution is 7.99. The van der Waals surface area contributed by atoms with Crippen LogP contribution in [0.5, 0.6) is 0 Å². The number of nitrogens with one attached hydrogen (secondary N) is 1. The number of nitrogens with two attached hydrogens (primary N) is 1. The summed E-state index contributed by atoms with van der Waals surface area (Å²) in [6, 6.07) is 8.39. The molecule has 2 rings (SSSR count). The van der Waals surface area contributed by atoms with Gasteiger partial charge in [-0.15, -0.1) is 0 Å². The minimum Gasteiger partial charge on any atom is -0.399 e. The summed E-state index contributed by atoms with van der Waals surface area (Å²) >= 11 is 1.95. The normalized spacial score (nSPS) is 12.6. The molecule has 0 radical (unpaired) electrons. The molecule has 0 amide bonds. The maximum absolute atomic E-state index is 5.88. The SMILES string of the molecule is CCSCC(C)Nc1cc(C)nc2ccc(N)cc12. The third kappa shape index (κ3) is 3.53. The molecule has 102 valence electrons. The van der Waals surface area contributed by atoms with E-state index < -0.39 is 0 Å². The number of fused-ring (bicyclic) bond motifs is 1. The Morgan fingerprint density at radius 2 is 2.16 bits per heavy atom. The standard InChI is InChI=1S/C15H21N3S/c1-4-19-9-11(3)18-15-7-10(2)17-14-6-5-12(16)8-13(14)15/h5-8,11H,4,9,16H2,1-3H3,(H,17,18). The lowest BCUT2D eigenvalue weighted by atomic mass is 10.1. The molecule has 4 heteroatoms. The number of aromatic nitrogens is 1. The van der Waals surface area contributed by atoms with Gasteiger partial charge in [-0.25, -0.2) is 0 Å². The van der Waals surface area contributed by atoms with Gasteiger partial charge in [-0.2, -0.15) is 11.8 Å². The Balaban J connectivity index is 2.33. The first-order valence-electron chi connectivity index (χ1n) is 6.61. The number of hydrogen-bond donors (Lipinski definition) is 2. The third-order valence-corrected chi connectivity index (χ3v) is 4.08. The van der Waals surface area contributed by atoms with Gasteiger partial charge in [-0.05, 0) is 43.9 Å². The zero-order valence-electron chi connectivity index (χ0n) is 11.7. The molecule has 1 unspecified atom stereocenters. The van der Waals surface area contributed by atoms with Crippen LogP contribution in [0.4, 0.5) is 11.4 Å². The Morgan fingerprint density at radius 1 is 1.37 bits per heavy atom. The van der Waals surface area contributed by atoms with Crippen LogP contribution in [0.25, 0.3) is 10.9 Å². The molecule has 0 bridgehead atoms. The van der Waals surface area contributed by atoms with E-state index in [1.165, 1.54) is 0 Å². The molecule has 0 aliphatic carbocycles. The lowest BCUT2D eigenvalue weighted by Crippen LogP contribution is -2.18. The second-order valence-corrected chi connectivity index (χ2v) is 6.11. The molecule has 1 atom stereocenters. The summed E-state index contributed by atoms with van der Waals surface area (Å²) < 4.78 is 0. The number of rotatable bonds is 5. The van der Waals surface area contributed by atoms with E-state index in [2.05, 4.69) is 30.2 Å². The van der Waals surface area contributed by atoms with Crippen LogP contribution in [0, 0.1) is 6.92 Å². The molecule has 19 heavy (non-hydrogen) atoms. The van der Waals surface area contributed by atoms with Crippen LogP contribution in [0.15, 0.2) is 24.3 Å². The molecular formula is C15H21N3S. The van der Waals surface area contributed by atoms with Crippen LogP contribution in [-0.4, -0.2) is 22.5 Å². The second-order valence-electron chi connectivity index (χ2n) is 4.79. The average Bonchev–Trinajstić information content (AvgIpc) is 2.37. The van der Waals surface area contributed by atoms with Crippen LogP contribution in [0.1, 0.15) is 19.5 Å². The summed E-state index contributed by atoms with van der Waals surface area (Å²) in [6.07, 6.45) is 0. The lowest BCUT2D eigenvalue weighted by molar-refractivity contribution is 0.914. The predicted octanol–water partition coefficient (Wildman–Crippen LogP) is 3.68. The van der Waals surface area contributed by atoms with E-state index in [1.54, 1.807) is 0 Å². The zero-order valence-corrected chi connectivity index (χ0v) is 12.6. The zero-order chi connectivity index (χ0) is 13.8. The van der Waals surface area contributed by atoms with Crippen LogP contribution < -0.4 is 11.1 Å². The van der Waals surface area contributed by atoms with Gasteiger partial charge in [0.05, 0.1) is 5.52 Å². The number of pyridine rings is 1. The first-order chi connectivity index (χ1) is 9.10. The van der Waals surface area contributed by atoms with Crippen molar-refractivity contribution in [3.8, 4) is 0 Å². The molecule has 2 aromatic rings. The fourth-order valence-corrected chi connectivity index (χ4v) is 2.77. The highest BCUT2D eigenvalue weighted by atomic mass is 32.2. The van der Waals surface area contributed by atoms with Crippen molar-refractivity contribution < 1.29 is 0 Å². The smallest absolute Gasteiger partial charge is 0.0727 e. The fourth-order valence-electron chi connectivity index (χ4n) is 2.10. The average molecular weight is 275 g/mol. The van der Waals surface area contributed by atoms with Gasteiger partial charge in [0.15, 0.2) is 0 Å². The van der Waals surface area contributed by atoms with Gasteiger partial charge < -0.3 is 11.1 Å². The summed E-state index contributed by atoms with van der Waals surface area (Å²) in [5.74, 6) is 2.25. The molecule has 0 spiro atoms. The highest BCUT2D eigenvalue weighted by Gasteiger charge is 2.08. The topological polar surface area (TPSA) is 50.9 Å². The summed E-state index contributed by atoms with van der Waals surface area (Å²) in [6.45, 7) is 6.41. The van der Waals surface area contributed by atoms with Crippen molar-refractivity contribution in [2.45, 2.75) is 26.8 Å². The predicted molar refractivity (Wildman–Crippen MR) is 87.0 cm³/mol.